The van der Waals surface area contributed by atoms with Gasteiger partial charge in [-0.2, -0.15) is 0 Å². The van der Waals surface area contributed by atoms with Crippen molar-refractivity contribution in [2.45, 2.75) is 38.1 Å². The Labute approximate surface area is 142 Å². The fourth-order valence-corrected chi connectivity index (χ4v) is 3.18. The van der Waals surface area contributed by atoms with Gasteiger partial charge in [-0.15, -0.1) is 0 Å². The highest BCUT2D eigenvalue weighted by molar-refractivity contribution is 5.94. The van der Waals surface area contributed by atoms with E-state index in [1.165, 1.54) is 11.1 Å². The van der Waals surface area contributed by atoms with Crippen LogP contribution in [0.5, 0.6) is 5.75 Å². The molecule has 0 bridgehead atoms. The lowest BCUT2D eigenvalue weighted by molar-refractivity contribution is -0.116. The van der Waals surface area contributed by atoms with Crippen molar-refractivity contribution in [2.24, 2.45) is 0 Å². The Kier molecular flexibility index (Phi) is 5.16. The number of carbonyl (C=O) groups is 1. The molecule has 24 heavy (non-hydrogen) atoms. The molecule has 2 unspecified atom stereocenters. The maximum atomic E-state index is 11.9. The van der Waals surface area contributed by atoms with Crippen LogP contribution in [0, 0.1) is 0 Å². The molecule has 4 heteroatoms. The summed E-state index contributed by atoms with van der Waals surface area (Å²) >= 11 is 0. The molecule has 2 aromatic carbocycles. The first kappa shape index (κ1) is 16.5. The van der Waals surface area contributed by atoms with Crippen molar-refractivity contribution in [3.8, 4) is 5.75 Å². The average molecular weight is 324 g/mol. The first-order chi connectivity index (χ1) is 11.6. The average Bonchev–Trinajstić information content (AvgIpc) is 2.59. The topological polar surface area (TPSA) is 61.4 Å². The molecule has 1 aliphatic rings. The first-order valence-electron chi connectivity index (χ1n) is 8.52. The predicted octanol–water partition coefficient (Wildman–Crippen LogP) is 3.43. The minimum Gasteiger partial charge on any atom is -0.508 e. The van der Waals surface area contributed by atoms with Gasteiger partial charge in [0.25, 0.3) is 0 Å². The highest BCUT2D eigenvalue weighted by Crippen LogP contribution is 2.31. The summed E-state index contributed by atoms with van der Waals surface area (Å²) in [5.41, 5.74) is 3.39. The Bertz CT molecular complexity index is 697. The summed E-state index contributed by atoms with van der Waals surface area (Å²) in [6.07, 6.45) is 2.52. The second kappa shape index (κ2) is 7.49. The van der Waals surface area contributed by atoms with Crippen LogP contribution in [-0.2, 0) is 11.2 Å². The second-order valence-electron chi connectivity index (χ2n) is 6.55. The summed E-state index contributed by atoms with van der Waals surface area (Å²) in [5, 5.41) is 15.8. The molecular weight excluding hydrogens is 300 g/mol. The number of amides is 1. The van der Waals surface area contributed by atoms with Gasteiger partial charge < -0.3 is 15.7 Å². The predicted molar refractivity (Wildman–Crippen MR) is 96.3 cm³/mol. The van der Waals surface area contributed by atoms with Crippen molar-refractivity contribution in [1.82, 2.24) is 5.32 Å². The van der Waals surface area contributed by atoms with Crippen molar-refractivity contribution in [2.75, 3.05) is 11.9 Å². The lowest BCUT2D eigenvalue weighted by atomic mass is 9.90. The molecule has 126 valence electrons. The molecule has 1 aliphatic heterocycles. The zero-order valence-corrected chi connectivity index (χ0v) is 14.0. The molecule has 1 amide bonds. The number of para-hydroxylation sites is 1. The fraction of sp³-hybridized carbons (Fsp3) is 0.350. The Balaban J connectivity index is 1.52. The lowest BCUT2D eigenvalue weighted by Crippen LogP contribution is -2.34. The lowest BCUT2D eigenvalue weighted by Gasteiger charge is -2.27. The summed E-state index contributed by atoms with van der Waals surface area (Å²) in [5.74, 6) is 0.627. The van der Waals surface area contributed by atoms with Crippen LogP contribution in [0.15, 0.2) is 48.5 Å². The number of nitrogens with one attached hydrogen (secondary N) is 2. The van der Waals surface area contributed by atoms with Gasteiger partial charge in [0, 0.05) is 30.6 Å². The van der Waals surface area contributed by atoms with Gasteiger partial charge in [0.2, 0.25) is 5.91 Å². The van der Waals surface area contributed by atoms with E-state index in [-0.39, 0.29) is 11.8 Å². The van der Waals surface area contributed by atoms with E-state index in [9.17, 15) is 9.90 Å². The van der Waals surface area contributed by atoms with Crippen molar-refractivity contribution in [1.29, 1.82) is 0 Å². The quantitative estimate of drug-likeness (QED) is 0.763. The van der Waals surface area contributed by atoms with Crippen LogP contribution in [0.2, 0.25) is 0 Å². The minimum atomic E-state index is 0.0947. The summed E-state index contributed by atoms with van der Waals surface area (Å²) in [7, 11) is 0. The normalized spacial score (nSPS) is 17.9. The number of rotatable bonds is 6. The smallest absolute Gasteiger partial charge is 0.225 e. The molecule has 0 aliphatic carbocycles. The first-order valence-corrected chi connectivity index (χ1v) is 8.52. The number of carbonyl (C=O) groups excluding carboxylic acids is 1. The second-order valence-corrected chi connectivity index (χ2v) is 6.55. The number of hydrogen-bond acceptors (Lipinski definition) is 3. The maximum Gasteiger partial charge on any atom is 0.225 e. The van der Waals surface area contributed by atoms with Crippen LogP contribution in [0.4, 0.5) is 5.69 Å². The molecule has 0 saturated heterocycles. The number of fused-ring (bicyclic) bond motifs is 1. The van der Waals surface area contributed by atoms with Gasteiger partial charge in [0.05, 0.1) is 0 Å². The SMILES string of the molecule is CC(CCc1ccc(O)cc1)NCC1CC(=O)Nc2ccccc21. The third-order valence-corrected chi connectivity index (χ3v) is 4.62. The molecule has 3 rings (SSSR count). The van der Waals surface area contributed by atoms with Crippen LogP contribution in [-0.4, -0.2) is 23.6 Å². The molecule has 2 atom stereocenters. The van der Waals surface area contributed by atoms with Gasteiger partial charge in [-0.1, -0.05) is 30.3 Å². The van der Waals surface area contributed by atoms with Crippen molar-refractivity contribution < 1.29 is 9.90 Å². The molecular formula is C20H24N2O2. The molecule has 0 aromatic heterocycles. The molecule has 0 fully saturated rings. The van der Waals surface area contributed by atoms with Crippen LogP contribution < -0.4 is 10.6 Å². The Hall–Kier alpha value is -2.33. The van der Waals surface area contributed by atoms with Crippen molar-refractivity contribution in [3.63, 3.8) is 0 Å². The van der Waals surface area contributed by atoms with E-state index in [1.54, 1.807) is 12.1 Å². The number of aromatic hydroxyl groups is 1. The summed E-state index contributed by atoms with van der Waals surface area (Å²) in [6, 6.07) is 15.8. The molecule has 4 nitrogen and oxygen atoms in total. The van der Waals surface area contributed by atoms with Gasteiger partial charge in [-0.3, -0.25) is 4.79 Å². The van der Waals surface area contributed by atoms with E-state index >= 15 is 0 Å². The van der Waals surface area contributed by atoms with Crippen LogP contribution >= 0.6 is 0 Å². The van der Waals surface area contributed by atoms with E-state index in [0.717, 1.165) is 25.1 Å². The van der Waals surface area contributed by atoms with Crippen molar-refractivity contribution in [3.05, 3.63) is 59.7 Å². The van der Waals surface area contributed by atoms with E-state index in [0.29, 0.717) is 18.2 Å². The molecule has 3 N–H and O–H groups in total. The van der Waals surface area contributed by atoms with Crippen LogP contribution in [0.3, 0.4) is 0 Å². The Morgan fingerprint density at radius 3 is 2.75 bits per heavy atom. The summed E-state index contributed by atoms with van der Waals surface area (Å²) in [4.78, 5) is 11.9. The molecule has 0 spiro atoms. The van der Waals surface area contributed by atoms with Crippen LogP contribution in [0.25, 0.3) is 0 Å². The number of aryl methyl sites for hydroxylation is 1. The molecule has 2 aromatic rings. The third kappa shape index (κ3) is 4.15. The maximum absolute atomic E-state index is 11.9. The number of phenolic OH excluding ortho intramolecular Hbond substituents is 1. The monoisotopic (exact) mass is 324 g/mol. The summed E-state index contributed by atoms with van der Waals surface area (Å²) in [6.45, 7) is 2.98. The van der Waals surface area contributed by atoms with Gasteiger partial charge >= 0.3 is 0 Å². The summed E-state index contributed by atoms with van der Waals surface area (Å²) < 4.78 is 0. The molecule has 0 radical (unpaired) electrons. The van der Waals surface area contributed by atoms with Crippen molar-refractivity contribution >= 4 is 11.6 Å². The highest BCUT2D eigenvalue weighted by atomic mass is 16.3. The van der Waals surface area contributed by atoms with E-state index in [4.69, 9.17) is 0 Å². The van der Waals surface area contributed by atoms with E-state index < -0.39 is 0 Å². The van der Waals surface area contributed by atoms with Gasteiger partial charge in [0.1, 0.15) is 5.75 Å². The standard InChI is InChI=1S/C20H24N2O2/c1-14(6-7-15-8-10-17(23)11-9-15)21-13-16-12-20(24)22-19-5-3-2-4-18(16)19/h2-5,8-11,14,16,21,23H,6-7,12-13H2,1H3,(H,22,24). The zero-order chi connectivity index (χ0) is 16.9. The number of anilines is 1. The molecule has 0 saturated carbocycles. The van der Waals surface area contributed by atoms with Gasteiger partial charge in [-0.25, -0.2) is 0 Å². The third-order valence-electron chi connectivity index (χ3n) is 4.62. The number of hydrogen-bond donors (Lipinski definition) is 3. The number of benzene rings is 2. The zero-order valence-electron chi connectivity index (χ0n) is 14.0. The fourth-order valence-electron chi connectivity index (χ4n) is 3.18. The largest absolute Gasteiger partial charge is 0.508 e. The minimum absolute atomic E-state index is 0.0947. The van der Waals surface area contributed by atoms with E-state index in [2.05, 4.69) is 23.6 Å². The van der Waals surface area contributed by atoms with E-state index in [1.807, 2.05) is 30.3 Å². The molecule has 1 heterocycles. The van der Waals surface area contributed by atoms with Gasteiger partial charge in [0.15, 0.2) is 0 Å². The number of phenols is 1. The Morgan fingerprint density at radius 2 is 1.96 bits per heavy atom. The van der Waals surface area contributed by atoms with Gasteiger partial charge in [-0.05, 0) is 49.1 Å². The van der Waals surface area contributed by atoms with Crippen LogP contribution in [0.1, 0.15) is 36.8 Å². The Morgan fingerprint density at radius 1 is 1.21 bits per heavy atom. The highest BCUT2D eigenvalue weighted by Gasteiger charge is 2.24.